The summed E-state index contributed by atoms with van der Waals surface area (Å²) < 4.78 is 1.78. The maximum absolute atomic E-state index is 11.9. The minimum absolute atomic E-state index is 0. The third-order valence-corrected chi connectivity index (χ3v) is 3.06. The Balaban J connectivity index is 0.00000220. The number of nitrogens with two attached hydrogens (primary N) is 1. The van der Waals surface area contributed by atoms with Crippen molar-refractivity contribution in [2.45, 2.75) is 25.8 Å². The predicted octanol–water partition coefficient (Wildman–Crippen LogP) is 1.69. The van der Waals surface area contributed by atoms with Crippen molar-refractivity contribution in [2.24, 2.45) is 5.73 Å². The number of carbonyl (C=O) groups is 1. The van der Waals surface area contributed by atoms with Crippen LogP contribution in [0, 0.1) is 0 Å². The molecular weight excluding hydrogens is 288 g/mol. The minimum Gasteiger partial charge on any atom is -0.350 e. The Morgan fingerprint density at radius 3 is 2.52 bits per heavy atom. The standard InChI is InChI=1S/C15H20N4O.ClH/c1-15(2,11-16)18-14(20)10-12-4-6-13(7-5-12)19-9-3-8-17-19;/h3-9H,10-11,16H2,1-2H3,(H,18,20);1H. The van der Waals surface area contributed by atoms with Crippen LogP contribution in [-0.2, 0) is 11.2 Å². The highest BCUT2D eigenvalue weighted by molar-refractivity contribution is 5.85. The third-order valence-electron chi connectivity index (χ3n) is 3.06. The fraction of sp³-hybridized carbons (Fsp3) is 0.333. The van der Waals surface area contributed by atoms with Gasteiger partial charge in [-0.3, -0.25) is 4.79 Å². The molecule has 1 heterocycles. The van der Waals surface area contributed by atoms with E-state index in [4.69, 9.17) is 5.73 Å². The molecular formula is C15H21ClN4O. The van der Waals surface area contributed by atoms with Gasteiger partial charge in [0, 0.05) is 24.5 Å². The average Bonchev–Trinajstić information content (AvgIpc) is 2.93. The van der Waals surface area contributed by atoms with Gasteiger partial charge in [-0.15, -0.1) is 12.4 Å². The molecule has 0 radical (unpaired) electrons. The van der Waals surface area contributed by atoms with Gasteiger partial charge in [0.1, 0.15) is 0 Å². The second kappa shape index (κ2) is 7.24. The topological polar surface area (TPSA) is 72.9 Å². The van der Waals surface area contributed by atoms with E-state index in [1.165, 1.54) is 0 Å². The Morgan fingerprint density at radius 2 is 2.00 bits per heavy atom. The summed E-state index contributed by atoms with van der Waals surface area (Å²) in [7, 11) is 0. The molecule has 3 N–H and O–H groups in total. The lowest BCUT2D eigenvalue weighted by atomic mass is 10.0. The van der Waals surface area contributed by atoms with Gasteiger partial charge < -0.3 is 11.1 Å². The molecule has 0 aliphatic heterocycles. The molecule has 0 aliphatic rings. The van der Waals surface area contributed by atoms with Gasteiger partial charge in [0.15, 0.2) is 0 Å². The molecule has 6 heteroatoms. The first kappa shape index (κ1) is 17.2. The molecule has 0 fully saturated rings. The number of aromatic nitrogens is 2. The number of carbonyl (C=O) groups excluding carboxylic acids is 1. The number of benzene rings is 1. The smallest absolute Gasteiger partial charge is 0.224 e. The molecule has 0 atom stereocenters. The molecule has 0 spiro atoms. The lowest BCUT2D eigenvalue weighted by Gasteiger charge is -2.24. The lowest BCUT2D eigenvalue weighted by Crippen LogP contribution is -2.49. The maximum Gasteiger partial charge on any atom is 0.224 e. The molecule has 0 bridgehead atoms. The van der Waals surface area contributed by atoms with Gasteiger partial charge in [-0.1, -0.05) is 12.1 Å². The largest absolute Gasteiger partial charge is 0.350 e. The zero-order valence-corrected chi connectivity index (χ0v) is 13.1. The van der Waals surface area contributed by atoms with E-state index < -0.39 is 0 Å². The van der Waals surface area contributed by atoms with E-state index in [1.807, 2.05) is 50.4 Å². The Morgan fingerprint density at radius 1 is 1.33 bits per heavy atom. The van der Waals surface area contributed by atoms with Gasteiger partial charge in [0.05, 0.1) is 12.1 Å². The van der Waals surface area contributed by atoms with Crippen LogP contribution >= 0.6 is 12.4 Å². The monoisotopic (exact) mass is 308 g/mol. The molecule has 1 aromatic heterocycles. The summed E-state index contributed by atoms with van der Waals surface area (Å²) in [4.78, 5) is 11.9. The molecule has 0 unspecified atom stereocenters. The molecule has 5 nitrogen and oxygen atoms in total. The van der Waals surface area contributed by atoms with Crippen molar-refractivity contribution in [3.05, 3.63) is 48.3 Å². The Kier molecular flexibility index (Phi) is 5.93. The van der Waals surface area contributed by atoms with Gasteiger partial charge >= 0.3 is 0 Å². The number of amides is 1. The van der Waals surface area contributed by atoms with Crippen molar-refractivity contribution in [3.8, 4) is 5.69 Å². The maximum atomic E-state index is 11.9. The normalized spacial score (nSPS) is 10.8. The van der Waals surface area contributed by atoms with Crippen LogP contribution in [0.1, 0.15) is 19.4 Å². The summed E-state index contributed by atoms with van der Waals surface area (Å²) in [6, 6.07) is 9.64. The zero-order chi connectivity index (χ0) is 14.6. The number of rotatable bonds is 5. The molecule has 2 aromatic rings. The van der Waals surface area contributed by atoms with Crippen LogP contribution in [0.15, 0.2) is 42.7 Å². The number of nitrogens with one attached hydrogen (secondary N) is 1. The van der Waals surface area contributed by atoms with Gasteiger partial charge in [-0.05, 0) is 37.6 Å². The summed E-state index contributed by atoms with van der Waals surface area (Å²) in [5.74, 6) is -0.0210. The van der Waals surface area contributed by atoms with Gasteiger partial charge in [-0.25, -0.2) is 4.68 Å². The first-order valence-corrected chi connectivity index (χ1v) is 6.60. The first-order chi connectivity index (χ1) is 9.50. The predicted molar refractivity (Wildman–Crippen MR) is 85.8 cm³/mol. The molecule has 1 aromatic carbocycles. The molecule has 0 saturated heterocycles. The Labute approximate surface area is 130 Å². The van der Waals surface area contributed by atoms with E-state index >= 15 is 0 Å². The Hall–Kier alpha value is -1.85. The highest BCUT2D eigenvalue weighted by Crippen LogP contribution is 2.09. The molecule has 2 rings (SSSR count). The van der Waals surface area contributed by atoms with Crippen LogP contribution in [0.3, 0.4) is 0 Å². The molecule has 0 saturated carbocycles. The molecule has 114 valence electrons. The van der Waals surface area contributed by atoms with E-state index in [9.17, 15) is 4.79 Å². The highest BCUT2D eigenvalue weighted by atomic mass is 35.5. The zero-order valence-electron chi connectivity index (χ0n) is 12.2. The summed E-state index contributed by atoms with van der Waals surface area (Å²) >= 11 is 0. The lowest BCUT2D eigenvalue weighted by molar-refractivity contribution is -0.121. The quantitative estimate of drug-likeness (QED) is 0.883. The minimum atomic E-state index is -0.369. The second-order valence-electron chi connectivity index (χ2n) is 5.43. The van der Waals surface area contributed by atoms with E-state index in [1.54, 1.807) is 10.9 Å². The van der Waals surface area contributed by atoms with Crippen LogP contribution in [0.5, 0.6) is 0 Å². The summed E-state index contributed by atoms with van der Waals surface area (Å²) in [6.07, 6.45) is 3.96. The third kappa shape index (κ3) is 4.88. The van der Waals surface area contributed by atoms with Gasteiger partial charge in [0.2, 0.25) is 5.91 Å². The fourth-order valence-electron chi connectivity index (χ4n) is 1.85. The van der Waals surface area contributed by atoms with Crippen molar-refractivity contribution < 1.29 is 4.79 Å². The fourth-order valence-corrected chi connectivity index (χ4v) is 1.85. The number of hydrogen-bond donors (Lipinski definition) is 2. The molecule has 1 amide bonds. The van der Waals surface area contributed by atoms with E-state index in [0.29, 0.717) is 13.0 Å². The second-order valence-corrected chi connectivity index (χ2v) is 5.43. The number of halogens is 1. The van der Waals surface area contributed by atoms with E-state index in [2.05, 4.69) is 10.4 Å². The van der Waals surface area contributed by atoms with Crippen molar-refractivity contribution in [1.29, 1.82) is 0 Å². The van der Waals surface area contributed by atoms with Crippen molar-refractivity contribution in [3.63, 3.8) is 0 Å². The number of nitrogens with zero attached hydrogens (tertiary/aromatic N) is 2. The Bertz CT molecular complexity index is 564. The number of hydrogen-bond acceptors (Lipinski definition) is 3. The summed E-state index contributed by atoms with van der Waals surface area (Å²) in [6.45, 7) is 4.23. The van der Waals surface area contributed by atoms with Crippen molar-refractivity contribution >= 4 is 18.3 Å². The summed E-state index contributed by atoms with van der Waals surface area (Å²) in [5, 5.41) is 7.08. The van der Waals surface area contributed by atoms with Crippen molar-refractivity contribution in [2.75, 3.05) is 6.54 Å². The van der Waals surface area contributed by atoms with Crippen LogP contribution in [0.4, 0.5) is 0 Å². The van der Waals surface area contributed by atoms with Crippen LogP contribution in [0.2, 0.25) is 0 Å². The van der Waals surface area contributed by atoms with E-state index in [0.717, 1.165) is 11.3 Å². The van der Waals surface area contributed by atoms with Crippen LogP contribution in [0.25, 0.3) is 5.69 Å². The van der Waals surface area contributed by atoms with Crippen molar-refractivity contribution in [1.82, 2.24) is 15.1 Å². The average molecular weight is 309 g/mol. The molecule has 21 heavy (non-hydrogen) atoms. The highest BCUT2D eigenvalue weighted by Gasteiger charge is 2.18. The van der Waals surface area contributed by atoms with E-state index in [-0.39, 0.29) is 23.9 Å². The SMILES string of the molecule is CC(C)(CN)NC(=O)Cc1ccc(-n2cccn2)cc1.Cl. The first-order valence-electron chi connectivity index (χ1n) is 6.60. The summed E-state index contributed by atoms with van der Waals surface area (Å²) in [5.41, 5.74) is 7.17. The van der Waals surface area contributed by atoms with Crippen LogP contribution < -0.4 is 11.1 Å². The molecule has 0 aliphatic carbocycles. The van der Waals surface area contributed by atoms with Gasteiger partial charge in [0.25, 0.3) is 0 Å². The van der Waals surface area contributed by atoms with Crippen LogP contribution in [-0.4, -0.2) is 27.8 Å². The van der Waals surface area contributed by atoms with Gasteiger partial charge in [-0.2, -0.15) is 5.10 Å².